The Balaban J connectivity index is 1.95. The topological polar surface area (TPSA) is 83.2 Å². The molecule has 1 heterocycles. The van der Waals surface area contributed by atoms with Crippen LogP contribution < -0.4 is 15.2 Å². The van der Waals surface area contributed by atoms with Crippen LogP contribution in [-0.2, 0) is 0 Å². The van der Waals surface area contributed by atoms with Crippen molar-refractivity contribution in [1.29, 1.82) is 0 Å². The minimum absolute atomic E-state index is 0.0702. The predicted octanol–water partition coefficient (Wildman–Crippen LogP) is 1.68. The molecule has 2 N–H and O–H groups in total. The molecule has 1 aliphatic rings. The molecule has 2 rings (SSSR count). The van der Waals surface area contributed by atoms with Gasteiger partial charge in [0.2, 0.25) is 5.28 Å². The first-order valence-electron chi connectivity index (χ1n) is 6.51. The summed E-state index contributed by atoms with van der Waals surface area (Å²) in [6, 6.07) is 0.368. The molecule has 2 unspecified atom stereocenters. The Morgan fingerprint density at radius 3 is 2.53 bits per heavy atom. The summed E-state index contributed by atoms with van der Waals surface area (Å²) in [5.41, 5.74) is 5.79. The minimum atomic E-state index is 0.0702. The fourth-order valence-corrected chi connectivity index (χ4v) is 2.61. The van der Waals surface area contributed by atoms with Gasteiger partial charge in [-0.05, 0) is 42.8 Å². The van der Waals surface area contributed by atoms with Crippen LogP contribution in [0, 0.1) is 11.8 Å². The van der Waals surface area contributed by atoms with Crippen LogP contribution in [0.15, 0.2) is 0 Å². The van der Waals surface area contributed by atoms with Crippen molar-refractivity contribution in [3.05, 3.63) is 5.28 Å². The van der Waals surface area contributed by atoms with Crippen LogP contribution in [0.5, 0.6) is 12.0 Å². The molecule has 0 spiro atoms. The Bertz CT molecular complexity index is 419. The van der Waals surface area contributed by atoms with Gasteiger partial charge in [-0.15, -0.1) is 4.98 Å². The average molecular weight is 287 g/mol. The zero-order valence-electron chi connectivity index (χ0n) is 11.0. The Hall–Kier alpha value is -1.14. The molecule has 19 heavy (non-hydrogen) atoms. The Labute approximate surface area is 117 Å². The van der Waals surface area contributed by atoms with Gasteiger partial charge in [-0.25, -0.2) is 0 Å². The largest absolute Gasteiger partial charge is 0.467 e. The van der Waals surface area contributed by atoms with Gasteiger partial charge < -0.3 is 15.2 Å². The van der Waals surface area contributed by atoms with E-state index >= 15 is 0 Å². The second-order valence-corrected chi connectivity index (χ2v) is 5.06. The molecule has 0 radical (unpaired) electrons. The molecule has 6 nitrogen and oxygen atoms in total. The molecular weight excluding hydrogens is 268 g/mol. The van der Waals surface area contributed by atoms with Crippen molar-refractivity contribution in [2.24, 2.45) is 17.6 Å². The summed E-state index contributed by atoms with van der Waals surface area (Å²) in [5, 5.41) is 0.0702. The molecule has 7 heteroatoms. The number of aromatic nitrogens is 3. The Morgan fingerprint density at radius 2 is 1.84 bits per heavy atom. The first-order chi connectivity index (χ1) is 9.22. The second-order valence-electron chi connectivity index (χ2n) is 4.73. The van der Waals surface area contributed by atoms with Gasteiger partial charge in [0.25, 0.3) is 0 Å². The first kappa shape index (κ1) is 14.3. The number of rotatable bonds is 5. The lowest BCUT2D eigenvalue weighted by molar-refractivity contribution is 0.144. The van der Waals surface area contributed by atoms with E-state index in [4.69, 9.17) is 26.8 Å². The second kappa shape index (κ2) is 6.86. The van der Waals surface area contributed by atoms with Crippen LogP contribution in [0.2, 0.25) is 5.28 Å². The highest BCUT2D eigenvalue weighted by Crippen LogP contribution is 2.29. The predicted molar refractivity (Wildman–Crippen MR) is 71.4 cm³/mol. The number of methoxy groups -OCH3 is 1. The molecule has 0 bridgehead atoms. The summed E-state index contributed by atoms with van der Waals surface area (Å²) >= 11 is 5.76. The minimum Gasteiger partial charge on any atom is -0.467 e. The van der Waals surface area contributed by atoms with E-state index < -0.39 is 0 Å². The van der Waals surface area contributed by atoms with Crippen LogP contribution in [0.1, 0.15) is 25.7 Å². The maximum atomic E-state index is 5.79. The molecule has 1 aromatic heterocycles. The molecule has 1 fully saturated rings. The van der Waals surface area contributed by atoms with E-state index in [9.17, 15) is 0 Å². The van der Waals surface area contributed by atoms with Crippen LogP contribution in [-0.4, -0.2) is 35.2 Å². The zero-order valence-corrected chi connectivity index (χ0v) is 11.8. The maximum absolute atomic E-state index is 5.79. The summed E-state index contributed by atoms with van der Waals surface area (Å²) in [6.07, 6.45) is 4.79. The Morgan fingerprint density at radius 1 is 1.16 bits per heavy atom. The molecule has 0 amide bonds. The molecule has 1 aromatic rings. The summed E-state index contributed by atoms with van der Waals surface area (Å²) in [6.45, 7) is 1.26. The van der Waals surface area contributed by atoms with E-state index in [2.05, 4.69) is 15.0 Å². The fourth-order valence-electron chi connectivity index (χ4n) is 2.47. The van der Waals surface area contributed by atoms with Crippen molar-refractivity contribution in [3.8, 4) is 12.0 Å². The quantitative estimate of drug-likeness (QED) is 0.886. The highest BCUT2D eigenvalue weighted by molar-refractivity contribution is 6.28. The SMILES string of the molecule is COc1nc(Cl)nc(OCC2CCCCC2CN)n1. The van der Waals surface area contributed by atoms with Gasteiger partial charge in [0.05, 0.1) is 13.7 Å². The van der Waals surface area contributed by atoms with Crippen LogP contribution >= 0.6 is 11.6 Å². The van der Waals surface area contributed by atoms with Crippen LogP contribution in [0.25, 0.3) is 0 Å². The summed E-state index contributed by atoms with van der Waals surface area (Å²) in [4.78, 5) is 11.7. The standard InChI is InChI=1S/C12H19ClN4O2/c1-18-11-15-10(13)16-12(17-11)19-7-9-5-3-2-4-8(9)6-14/h8-9H,2-7,14H2,1H3. The van der Waals surface area contributed by atoms with E-state index in [1.165, 1.54) is 26.4 Å². The Kier molecular flexibility index (Phi) is 5.15. The lowest BCUT2D eigenvalue weighted by Gasteiger charge is -2.30. The van der Waals surface area contributed by atoms with E-state index in [0.717, 1.165) is 6.42 Å². The van der Waals surface area contributed by atoms with Crippen molar-refractivity contribution in [1.82, 2.24) is 15.0 Å². The number of nitrogens with two attached hydrogens (primary N) is 1. The molecule has 2 atom stereocenters. The van der Waals surface area contributed by atoms with Crippen molar-refractivity contribution in [3.63, 3.8) is 0 Å². The third-order valence-electron chi connectivity index (χ3n) is 3.55. The lowest BCUT2D eigenvalue weighted by atomic mass is 9.80. The van der Waals surface area contributed by atoms with Gasteiger partial charge in [-0.1, -0.05) is 12.8 Å². The van der Waals surface area contributed by atoms with Gasteiger partial charge in [-0.2, -0.15) is 9.97 Å². The number of halogens is 1. The average Bonchev–Trinajstić information content (AvgIpc) is 2.44. The van der Waals surface area contributed by atoms with Gasteiger partial charge in [0.1, 0.15) is 0 Å². The summed E-state index contributed by atoms with van der Waals surface area (Å²) in [7, 11) is 1.47. The van der Waals surface area contributed by atoms with Gasteiger partial charge >= 0.3 is 12.0 Å². The molecule has 0 aliphatic heterocycles. The third-order valence-corrected chi connectivity index (χ3v) is 3.71. The molecule has 0 saturated heterocycles. The monoisotopic (exact) mass is 286 g/mol. The maximum Gasteiger partial charge on any atom is 0.323 e. The van der Waals surface area contributed by atoms with Gasteiger partial charge in [0, 0.05) is 0 Å². The molecular formula is C12H19ClN4O2. The van der Waals surface area contributed by atoms with Crippen molar-refractivity contribution in [2.45, 2.75) is 25.7 Å². The number of ether oxygens (including phenoxy) is 2. The molecule has 0 aromatic carbocycles. The molecule has 1 saturated carbocycles. The molecule has 106 valence electrons. The van der Waals surface area contributed by atoms with Crippen molar-refractivity contribution < 1.29 is 9.47 Å². The first-order valence-corrected chi connectivity index (χ1v) is 6.89. The van der Waals surface area contributed by atoms with E-state index in [-0.39, 0.29) is 17.3 Å². The number of hydrogen-bond acceptors (Lipinski definition) is 6. The zero-order chi connectivity index (χ0) is 13.7. The van der Waals surface area contributed by atoms with Crippen LogP contribution in [0.4, 0.5) is 0 Å². The normalized spacial score (nSPS) is 23.1. The van der Waals surface area contributed by atoms with E-state index in [1.807, 2.05) is 0 Å². The molecule has 1 aliphatic carbocycles. The summed E-state index contributed by atoms with van der Waals surface area (Å²) < 4.78 is 10.5. The van der Waals surface area contributed by atoms with Crippen LogP contribution in [0.3, 0.4) is 0 Å². The fraction of sp³-hybridized carbons (Fsp3) is 0.750. The van der Waals surface area contributed by atoms with Crippen molar-refractivity contribution in [2.75, 3.05) is 20.3 Å². The number of nitrogens with zero attached hydrogens (tertiary/aromatic N) is 3. The van der Waals surface area contributed by atoms with Crippen molar-refractivity contribution >= 4 is 11.6 Å². The van der Waals surface area contributed by atoms with Gasteiger partial charge in [-0.3, -0.25) is 0 Å². The lowest BCUT2D eigenvalue weighted by Crippen LogP contribution is -2.31. The number of hydrogen-bond donors (Lipinski definition) is 1. The summed E-state index contributed by atoms with van der Waals surface area (Å²) in [5.74, 6) is 0.980. The highest BCUT2D eigenvalue weighted by atomic mass is 35.5. The van der Waals surface area contributed by atoms with E-state index in [1.54, 1.807) is 0 Å². The van der Waals surface area contributed by atoms with E-state index in [0.29, 0.717) is 25.0 Å². The highest BCUT2D eigenvalue weighted by Gasteiger charge is 2.24. The third kappa shape index (κ3) is 3.91. The van der Waals surface area contributed by atoms with Gasteiger partial charge in [0.15, 0.2) is 0 Å². The smallest absolute Gasteiger partial charge is 0.323 e.